The lowest BCUT2D eigenvalue weighted by Crippen LogP contribution is -2.56. The molecule has 0 radical (unpaired) electrons. The topological polar surface area (TPSA) is 66.8 Å². The van der Waals surface area contributed by atoms with Crippen LogP contribution in [-0.4, -0.2) is 25.7 Å². The standard InChI is InChI=1S/C24H17F6N5O/c25-23(26,27)17-7-13(14-9-33-34(10-14)24(28,29)30)3-5-16(17)21-20(12-1-2-12)22(36)35(21)15-4-6-18-19(8-15)32-11-31-18/h3-12,20-21H,1-2H2,(H,31,32). The molecule has 6 nitrogen and oxygen atoms in total. The van der Waals surface area contributed by atoms with Crippen molar-refractivity contribution in [3.63, 3.8) is 0 Å². The van der Waals surface area contributed by atoms with E-state index in [1.165, 1.54) is 23.4 Å². The van der Waals surface area contributed by atoms with Crippen LogP contribution in [0.5, 0.6) is 0 Å². The number of H-pyrrole nitrogens is 1. The number of alkyl halides is 6. The van der Waals surface area contributed by atoms with Crippen molar-refractivity contribution in [1.29, 1.82) is 0 Å². The Morgan fingerprint density at radius 1 is 0.972 bits per heavy atom. The van der Waals surface area contributed by atoms with Crippen LogP contribution in [-0.2, 0) is 17.3 Å². The molecule has 186 valence electrons. The minimum Gasteiger partial charge on any atom is -0.345 e. The number of nitrogens with zero attached hydrogens (tertiary/aromatic N) is 4. The Hall–Kier alpha value is -3.83. The summed E-state index contributed by atoms with van der Waals surface area (Å²) in [6.45, 7) is 0. The summed E-state index contributed by atoms with van der Waals surface area (Å²) in [6.07, 6.45) is -5.07. The molecule has 1 amide bonds. The molecular formula is C24H17F6N5O. The molecule has 2 aromatic heterocycles. The quantitative estimate of drug-likeness (QED) is 0.272. The van der Waals surface area contributed by atoms with E-state index < -0.39 is 30.0 Å². The first-order valence-corrected chi connectivity index (χ1v) is 11.1. The molecule has 36 heavy (non-hydrogen) atoms. The average Bonchev–Trinajstić information content (AvgIpc) is 3.30. The molecule has 3 heterocycles. The van der Waals surface area contributed by atoms with Gasteiger partial charge in [0.05, 0.1) is 41.1 Å². The van der Waals surface area contributed by atoms with Crippen LogP contribution in [0.4, 0.5) is 32.0 Å². The zero-order valence-electron chi connectivity index (χ0n) is 18.3. The van der Waals surface area contributed by atoms with Crippen LogP contribution in [0.1, 0.15) is 30.0 Å². The van der Waals surface area contributed by atoms with Gasteiger partial charge in [0.25, 0.3) is 0 Å². The molecule has 12 heteroatoms. The van der Waals surface area contributed by atoms with Crippen molar-refractivity contribution >= 4 is 22.6 Å². The predicted octanol–water partition coefficient (Wildman–Crippen LogP) is 6.04. The van der Waals surface area contributed by atoms with Gasteiger partial charge in [0.15, 0.2) is 0 Å². The Labute approximate surface area is 199 Å². The van der Waals surface area contributed by atoms with Crippen LogP contribution in [0.2, 0.25) is 0 Å². The van der Waals surface area contributed by atoms with Crippen LogP contribution >= 0.6 is 0 Å². The van der Waals surface area contributed by atoms with Gasteiger partial charge in [-0.05, 0) is 54.2 Å². The number of β-lactam (4-membered cyclic amide) rings is 1. The monoisotopic (exact) mass is 505 g/mol. The van der Waals surface area contributed by atoms with E-state index in [0.717, 1.165) is 30.6 Å². The van der Waals surface area contributed by atoms with Gasteiger partial charge in [-0.3, -0.25) is 4.79 Å². The van der Waals surface area contributed by atoms with Crippen LogP contribution < -0.4 is 4.90 Å². The lowest BCUT2D eigenvalue weighted by atomic mass is 9.76. The molecule has 1 aliphatic heterocycles. The Kier molecular flexibility index (Phi) is 4.76. The SMILES string of the molecule is O=C1C(C2CC2)C(c2ccc(-c3cnn(C(F)(F)F)c3)cc2C(F)(F)F)N1c1ccc2[nH]cnc2c1. The number of aromatic nitrogens is 4. The number of hydrogen-bond donors (Lipinski definition) is 1. The van der Waals surface area contributed by atoms with Crippen molar-refractivity contribution < 1.29 is 31.1 Å². The van der Waals surface area contributed by atoms with Crippen molar-refractivity contribution in [3.05, 3.63) is 66.2 Å². The van der Waals surface area contributed by atoms with Crippen molar-refractivity contribution in [2.75, 3.05) is 4.90 Å². The summed E-state index contributed by atoms with van der Waals surface area (Å²) < 4.78 is 81.4. The smallest absolute Gasteiger partial charge is 0.345 e. The van der Waals surface area contributed by atoms with E-state index in [1.807, 2.05) is 0 Å². The number of aromatic amines is 1. The number of imidazole rings is 1. The molecule has 1 aliphatic carbocycles. The van der Waals surface area contributed by atoms with E-state index in [9.17, 15) is 31.1 Å². The highest BCUT2D eigenvalue weighted by Crippen LogP contribution is 2.56. The second-order valence-corrected chi connectivity index (χ2v) is 9.06. The van der Waals surface area contributed by atoms with Crippen LogP contribution in [0.15, 0.2) is 55.1 Å². The first-order chi connectivity index (χ1) is 17.0. The molecule has 6 rings (SSSR count). The summed E-state index contributed by atoms with van der Waals surface area (Å²) in [6, 6.07) is 7.58. The van der Waals surface area contributed by atoms with Gasteiger partial charge in [-0.2, -0.15) is 23.0 Å². The maximum Gasteiger partial charge on any atom is 0.504 e. The third kappa shape index (κ3) is 3.62. The summed E-state index contributed by atoms with van der Waals surface area (Å²) in [4.78, 5) is 21.6. The zero-order valence-corrected chi connectivity index (χ0v) is 18.3. The second-order valence-electron chi connectivity index (χ2n) is 9.06. The number of amides is 1. The predicted molar refractivity (Wildman–Crippen MR) is 116 cm³/mol. The first kappa shape index (κ1) is 22.6. The largest absolute Gasteiger partial charge is 0.504 e. The molecule has 2 atom stereocenters. The minimum absolute atomic E-state index is 0.00126. The highest BCUT2D eigenvalue weighted by molar-refractivity contribution is 6.04. The number of carbonyl (C=O) groups is 1. The summed E-state index contributed by atoms with van der Waals surface area (Å²) in [5.41, 5.74) is 0.490. The fourth-order valence-corrected chi connectivity index (χ4v) is 4.97. The summed E-state index contributed by atoms with van der Waals surface area (Å²) in [5.74, 6) is -0.848. The fourth-order valence-electron chi connectivity index (χ4n) is 4.97. The highest BCUT2D eigenvalue weighted by atomic mass is 19.4. The average molecular weight is 505 g/mol. The molecule has 2 aromatic carbocycles. The van der Waals surface area contributed by atoms with E-state index in [0.29, 0.717) is 17.4 Å². The van der Waals surface area contributed by atoms with Gasteiger partial charge in [-0.1, -0.05) is 12.1 Å². The van der Waals surface area contributed by atoms with Gasteiger partial charge in [-0.25, -0.2) is 4.98 Å². The number of nitrogens with one attached hydrogen (secondary N) is 1. The van der Waals surface area contributed by atoms with Crippen LogP contribution in [0.25, 0.3) is 22.2 Å². The number of halogens is 6. The lowest BCUT2D eigenvalue weighted by Gasteiger charge is -2.48. The lowest BCUT2D eigenvalue weighted by molar-refractivity contribution is -0.212. The van der Waals surface area contributed by atoms with Gasteiger partial charge >= 0.3 is 12.5 Å². The van der Waals surface area contributed by atoms with Gasteiger partial charge in [0.2, 0.25) is 5.91 Å². The van der Waals surface area contributed by atoms with E-state index in [1.54, 1.807) is 18.2 Å². The molecular weight excluding hydrogens is 488 g/mol. The maximum absolute atomic E-state index is 14.3. The highest BCUT2D eigenvalue weighted by Gasteiger charge is 2.56. The van der Waals surface area contributed by atoms with E-state index in [2.05, 4.69) is 15.1 Å². The van der Waals surface area contributed by atoms with Crippen molar-refractivity contribution in [3.8, 4) is 11.1 Å². The maximum atomic E-state index is 14.3. The third-order valence-corrected chi connectivity index (χ3v) is 6.81. The molecule has 2 aliphatic rings. The normalized spacial score (nSPS) is 20.7. The molecule has 4 aromatic rings. The number of rotatable bonds is 4. The second kappa shape index (κ2) is 7.58. The molecule has 2 fully saturated rings. The Morgan fingerprint density at radius 3 is 2.42 bits per heavy atom. The van der Waals surface area contributed by atoms with Crippen LogP contribution in [0, 0.1) is 11.8 Å². The minimum atomic E-state index is -4.80. The summed E-state index contributed by atoms with van der Waals surface area (Å²) in [5, 5.41) is 3.22. The number of anilines is 1. The number of benzene rings is 2. The van der Waals surface area contributed by atoms with Gasteiger partial charge < -0.3 is 9.88 Å². The molecule has 1 saturated heterocycles. The summed E-state index contributed by atoms with van der Waals surface area (Å²) in [7, 11) is 0. The Balaban J connectivity index is 1.45. The summed E-state index contributed by atoms with van der Waals surface area (Å²) >= 11 is 0. The van der Waals surface area contributed by atoms with Crippen molar-refractivity contribution in [1.82, 2.24) is 19.7 Å². The van der Waals surface area contributed by atoms with Gasteiger partial charge in [0, 0.05) is 17.4 Å². The number of fused-ring (bicyclic) bond motifs is 1. The molecule has 1 saturated carbocycles. The van der Waals surface area contributed by atoms with E-state index in [4.69, 9.17) is 0 Å². The molecule has 0 bridgehead atoms. The van der Waals surface area contributed by atoms with Crippen LogP contribution in [0.3, 0.4) is 0 Å². The number of carbonyl (C=O) groups excluding carboxylic acids is 1. The van der Waals surface area contributed by atoms with E-state index in [-0.39, 0.29) is 33.2 Å². The Bertz CT molecular complexity index is 1480. The van der Waals surface area contributed by atoms with E-state index >= 15 is 0 Å². The van der Waals surface area contributed by atoms with Crippen molar-refractivity contribution in [2.45, 2.75) is 31.4 Å². The first-order valence-electron chi connectivity index (χ1n) is 11.1. The number of hydrogen-bond acceptors (Lipinski definition) is 3. The van der Waals surface area contributed by atoms with Gasteiger partial charge in [-0.15, -0.1) is 13.2 Å². The Morgan fingerprint density at radius 2 is 1.75 bits per heavy atom. The molecule has 2 unspecified atom stereocenters. The van der Waals surface area contributed by atoms with Gasteiger partial charge in [0.1, 0.15) is 0 Å². The third-order valence-electron chi connectivity index (χ3n) is 6.81. The zero-order chi connectivity index (χ0) is 25.4. The fraction of sp³-hybridized carbons (Fsp3) is 0.292. The molecule has 1 N–H and O–H groups in total. The van der Waals surface area contributed by atoms with Crippen molar-refractivity contribution in [2.24, 2.45) is 11.8 Å². The molecule has 0 spiro atoms.